The van der Waals surface area contributed by atoms with Gasteiger partial charge in [-0.2, -0.15) is 5.10 Å². The lowest BCUT2D eigenvalue weighted by atomic mass is 9.68. The number of carbonyl (C=O) groups is 1. The zero-order valence-corrected chi connectivity index (χ0v) is 14.8. The minimum Gasteiger partial charge on any atom is -0.329 e. The molecule has 4 atom stereocenters. The number of halogens is 1. The number of hydrogen-bond donors (Lipinski definition) is 3. The molecular formula is C19H24FN5O. The molecule has 1 amide bonds. The van der Waals surface area contributed by atoms with Gasteiger partial charge in [-0.3, -0.25) is 14.9 Å². The van der Waals surface area contributed by atoms with Gasteiger partial charge in [-0.15, -0.1) is 0 Å². The molecule has 7 heteroatoms. The van der Waals surface area contributed by atoms with Gasteiger partial charge in [0.1, 0.15) is 5.82 Å². The van der Waals surface area contributed by atoms with E-state index < -0.39 is 0 Å². The van der Waals surface area contributed by atoms with Crippen LogP contribution in [0.4, 0.5) is 4.39 Å². The normalized spacial score (nSPS) is 28.5. The van der Waals surface area contributed by atoms with Crippen LogP contribution in [0.5, 0.6) is 0 Å². The quantitative estimate of drug-likeness (QED) is 0.780. The Labute approximate surface area is 151 Å². The standard InChI is InChI=1S/C19H24FN5O/c1-25-18(11-2-5-13(20)6-3-11)16(10-22-25)12-4-7-14-15(8-12)17(9-21)23-24-19(14)26/h2-3,5-6,10,12,14-15,17,23H,4,7-9,21H2,1H3,(H,24,26). The van der Waals surface area contributed by atoms with Crippen molar-refractivity contribution in [2.45, 2.75) is 31.2 Å². The number of benzene rings is 1. The third-order valence-electron chi connectivity index (χ3n) is 5.91. The molecule has 1 aromatic carbocycles. The van der Waals surface area contributed by atoms with Crippen LogP contribution in [-0.4, -0.2) is 28.3 Å². The first-order valence-electron chi connectivity index (χ1n) is 9.11. The molecule has 26 heavy (non-hydrogen) atoms. The summed E-state index contributed by atoms with van der Waals surface area (Å²) in [6.07, 6.45) is 4.59. The average molecular weight is 357 g/mol. The van der Waals surface area contributed by atoms with Crippen LogP contribution >= 0.6 is 0 Å². The van der Waals surface area contributed by atoms with E-state index in [-0.39, 0.29) is 29.6 Å². The molecule has 6 nitrogen and oxygen atoms in total. The van der Waals surface area contributed by atoms with Crippen molar-refractivity contribution in [2.75, 3.05) is 6.54 Å². The van der Waals surface area contributed by atoms with Gasteiger partial charge in [-0.05, 0) is 55.4 Å². The Morgan fingerprint density at radius 3 is 2.81 bits per heavy atom. The highest BCUT2D eigenvalue weighted by Gasteiger charge is 2.43. The second-order valence-corrected chi connectivity index (χ2v) is 7.34. The van der Waals surface area contributed by atoms with E-state index in [2.05, 4.69) is 16.0 Å². The summed E-state index contributed by atoms with van der Waals surface area (Å²) in [6, 6.07) is 6.62. The predicted molar refractivity (Wildman–Crippen MR) is 96.3 cm³/mol. The first-order chi connectivity index (χ1) is 12.6. The Morgan fingerprint density at radius 1 is 1.31 bits per heavy atom. The Kier molecular flexibility index (Phi) is 4.50. The molecule has 2 aliphatic rings. The number of fused-ring (bicyclic) bond motifs is 1. The van der Waals surface area contributed by atoms with Crippen LogP contribution < -0.4 is 16.6 Å². The molecule has 4 unspecified atom stereocenters. The third-order valence-corrected chi connectivity index (χ3v) is 5.91. The van der Waals surface area contributed by atoms with E-state index in [1.165, 1.54) is 17.7 Å². The van der Waals surface area contributed by atoms with Crippen LogP contribution in [0.1, 0.15) is 30.7 Å². The SMILES string of the molecule is Cn1ncc(C2CCC3C(=O)NNC(CN)C3C2)c1-c1ccc(F)cc1. The van der Waals surface area contributed by atoms with Crippen LogP contribution in [-0.2, 0) is 11.8 Å². The molecule has 2 fully saturated rings. The molecule has 138 valence electrons. The summed E-state index contributed by atoms with van der Waals surface area (Å²) in [5.74, 6) is 0.374. The highest BCUT2D eigenvalue weighted by Crippen LogP contribution is 2.44. The summed E-state index contributed by atoms with van der Waals surface area (Å²) in [6.45, 7) is 0.492. The first-order valence-corrected chi connectivity index (χ1v) is 9.11. The van der Waals surface area contributed by atoms with E-state index in [9.17, 15) is 9.18 Å². The van der Waals surface area contributed by atoms with E-state index in [4.69, 9.17) is 5.73 Å². The second kappa shape index (κ2) is 6.81. The summed E-state index contributed by atoms with van der Waals surface area (Å²) in [4.78, 5) is 12.2. The molecule has 4 N–H and O–H groups in total. The zero-order chi connectivity index (χ0) is 18.3. The smallest absolute Gasteiger partial charge is 0.237 e. The number of hydrazine groups is 1. The molecule has 1 aliphatic carbocycles. The van der Waals surface area contributed by atoms with Crippen molar-refractivity contribution in [1.29, 1.82) is 0 Å². The number of aryl methyl sites for hydroxylation is 1. The molecule has 2 heterocycles. The van der Waals surface area contributed by atoms with Crippen molar-refractivity contribution in [3.05, 3.63) is 41.8 Å². The molecular weight excluding hydrogens is 333 g/mol. The summed E-state index contributed by atoms with van der Waals surface area (Å²) >= 11 is 0. The van der Waals surface area contributed by atoms with Gasteiger partial charge in [0.25, 0.3) is 0 Å². The molecule has 2 aromatic rings. The Balaban J connectivity index is 1.65. The van der Waals surface area contributed by atoms with Gasteiger partial charge >= 0.3 is 0 Å². The highest BCUT2D eigenvalue weighted by atomic mass is 19.1. The molecule has 1 aliphatic heterocycles. The van der Waals surface area contributed by atoms with E-state index in [0.29, 0.717) is 12.5 Å². The van der Waals surface area contributed by atoms with E-state index >= 15 is 0 Å². The number of nitrogens with zero attached hydrogens (tertiary/aromatic N) is 2. The van der Waals surface area contributed by atoms with Crippen molar-refractivity contribution in [3.8, 4) is 11.3 Å². The Hall–Kier alpha value is -2.25. The number of nitrogens with two attached hydrogens (primary N) is 1. The summed E-state index contributed by atoms with van der Waals surface area (Å²) in [5.41, 5.74) is 14.9. The van der Waals surface area contributed by atoms with Gasteiger partial charge in [0.15, 0.2) is 0 Å². The van der Waals surface area contributed by atoms with Crippen LogP contribution in [0, 0.1) is 17.7 Å². The topological polar surface area (TPSA) is 85.0 Å². The van der Waals surface area contributed by atoms with Gasteiger partial charge in [0.05, 0.1) is 11.9 Å². The Bertz CT molecular complexity index is 803. The zero-order valence-electron chi connectivity index (χ0n) is 14.8. The predicted octanol–water partition coefficient (Wildman–Crippen LogP) is 1.69. The summed E-state index contributed by atoms with van der Waals surface area (Å²) in [5, 5.41) is 4.45. The molecule has 1 aromatic heterocycles. The van der Waals surface area contributed by atoms with Gasteiger partial charge < -0.3 is 5.73 Å². The van der Waals surface area contributed by atoms with Gasteiger partial charge in [0.2, 0.25) is 5.91 Å². The maximum Gasteiger partial charge on any atom is 0.237 e. The molecule has 0 spiro atoms. The maximum atomic E-state index is 13.3. The number of carbonyl (C=O) groups excluding carboxylic acids is 1. The Morgan fingerprint density at radius 2 is 2.08 bits per heavy atom. The van der Waals surface area contributed by atoms with Crippen molar-refractivity contribution < 1.29 is 9.18 Å². The molecule has 0 radical (unpaired) electrons. The maximum absolute atomic E-state index is 13.3. The fourth-order valence-corrected chi connectivity index (χ4v) is 4.57. The van der Waals surface area contributed by atoms with Crippen LogP contribution in [0.3, 0.4) is 0 Å². The van der Waals surface area contributed by atoms with Crippen molar-refractivity contribution in [2.24, 2.45) is 24.6 Å². The van der Waals surface area contributed by atoms with Gasteiger partial charge in [-0.25, -0.2) is 9.82 Å². The fourth-order valence-electron chi connectivity index (χ4n) is 4.57. The van der Waals surface area contributed by atoms with Gasteiger partial charge in [0, 0.05) is 36.7 Å². The monoisotopic (exact) mass is 357 g/mol. The van der Waals surface area contributed by atoms with E-state index in [1.54, 1.807) is 12.1 Å². The van der Waals surface area contributed by atoms with Gasteiger partial charge in [-0.1, -0.05) is 0 Å². The number of amides is 1. The van der Waals surface area contributed by atoms with Crippen molar-refractivity contribution >= 4 is 5.91 Å². The van der Waals surface area contributed by atoms with Crippen molar-refractivity contribution in [1.82, 2.24) is 20.6 Å². The summed E-state index contributed by atoms with van der Waals surface area (Å²) < 4.78 is 15.2. The average Bonchev–Trinajstić information content (AvgIpc) is 3.04. The van der Waals surface area contributed by atoms with Crippen LogP contribution in [0.15, 0.2) is 30.5 Å². The number of nitrogens with one attached hydrogen (secondary N) is 2. The highest BCUT2D eigenvalue weighted by molar-refractivity contribution is 5.79. The number of aromatic nitrogens is 2. The van der Waals surface area contributed by atoms with E-state index in [0.717, 1.165) is 30.5 Å². The molecule has 1 saturated carbocycles. The molecule has 1 saturated heterocycles. The van der Waals surface area contributed by atoms with E-state index in [1.807, 2.05) is 17.9 Å². The van der Waals surface area contributed by atoms with Crippen LogP contribution in [0.25, 0.3) is 11.3 Å². The number of hydrogen-bond acceptors (Lipinski definition) is 4. The first kappa shape index (κ1) is 17.2. The second-order valence-electron chi connectivity index (χ2n) is 7.34. The summed E-state index contributed by atoms with van der Waals surface area (Å²) in [7, 11) is 1.91. The fraction of sp³-hybridized carbons (Fsp3) is 0.474. The lowest BCUT2D eigenvalue weighted by Crippen LogP contribution is -2.62. The lowest BCUT2D eigenvalue weighted by Gasteiger charge is -2.43. The third kappa shape index (κ3) is 2.91. The van der Waals surface area contributed by atoms with Crippen LogP contribution in [0.2, 0.25) is 0 Å². The largest absolute Gasteiger partial charge is 0.329 e. The molecule has 0 bridgehead atoms. The number of rotatable bonds is 3. The molecule has 4 rings (SSSR count). The minimum absolute atomic E-state index is 0.0204. The van der Waals surface area contributed by atoms with Crippen molar-refractivity contribution in [3.63, 3.8) is 0 Å². The lowest BCUT2D eigenvalue weighted by molar-refractivity contribution is -0.133. The minimum atomic E-state index is -0.247.